The number of nitrogens with zero attached hydrogens (tertiary/aromatic N) is 3. The largest absolute Gasteiger partial charge is 0.353 e. The molecule has 0 spiro atoms. The molecule has 1 aromatic heterocycles. The standard InChI is InChI=1S/C12H21N5S/c1-7(2)11-17-16-10(18-11)6-14-12(13-4)15-9-5-8(9)3/h7-9H,5-6H2,1-4H3,(H2,13,14,15). The third-order valence-corrected chi connectivity index (χ3v) is 4.26. The molecule has 1 aliphatic carbocycles. The van der Waals surface area contributed by atoms with E-state index in [1.54, 1.807) is 18.4 Å². The maximum atomic E-state index is 4.21. The Bertz CT molecular complexity index is 426. The Morgan fingerprint density at radius 1 is 1.50 bits per heavy atom. The molecular formula is C12H21N5S. The van der Waals surface area contributed by atoms with Gasteiger partial charge in [0.25, 0.3) is 0 Å². The second-order valence-electron chi connectivity index (χ2n) is 5.08. The molecule has 1 saturated carbocycles. The molecule has 1 fully saturated rings. The fourth-order valence-corrected chi connectivity index (χ4v) is 2.41. The van der Waals surface area contributed by atoms with Crippen molar-refractivity contribution in [3.05, 3.63) is 10.0 Å². The number of aliphatic imine (C=N–C) groups is 1. The maximum Gasteiger partial charge on any atom is 0.191 e. The molecule has 2 atom stereocenters. The summed E-state index contributed by atoms with van der Waals surface area (Å²) >= 11 is 1.66. The van der Waals surface area contributed by atoms with Crippen molar-refractivity contribution in [2.24, 2.45) is 10.9 Å². The van der Waals surface area contributed by atoms with Gasteiger partial charge in [0.15, 0.2) is 5.96 Å². The molecule has 0 saturated heterocycles. The smallest absolute Gasteiger partial charge is 0.191 e. The van der Waals surface area contributed by atoms with E-state index in [0.29, 0.717) is 18.5 Å². The molecule has 5 nitrogen and oxygen atoms in total. The zero-order valence-corrected chi connectivity index (χ0v) is 12.2. The Kier molecular flexibility index (Phi) is 4.16. The van der Waals surface area contributed by atoms with Gasteiger partial charge in [0.05, 0.1) is 6.54 Å². The highest BCUT2D eigenvalue weighted by Gasteiger charge is 2.33. The highest BCUT2D eigenvalue weighted by molar-refractivity contribution is 7.11. The Hall–Kier alpha value is -1.17. The van der Waals surface area contributed by atoms with E-state index < -0.39 is 0 Å². The summed E-state index contributed by atoms with van der Waals surface area (Å²) in [5.41, 5.74) is 0. The summed E-state index contributed by atoms with van der Waals surface area (Å²) in [4.78, 5) is 4.21. The number of hydrogen-bond acceptors (Lipinski definition) is 4. The summed E-state index contributed by atoms with van der Waals surface area (Å²) in [6, 6.07) is 0.580. The fraction of sp³-hybridized carbons (Fsp3) is 0.750. The van der Waals surface area contributed by atoms with Crippen LogP contribution in [0.5, 0.6) is 0 Å². The lowest BCUT2D eigenvalue weighted by Gasteiger charge is -2.09. The molecule has 0 amide bonds. The molecule has 0 aliphatic heterocycles. The van der Waals surface area contributed by atoms with Crippen LogP contribution in [0, 0.1) is 5.92 Å². The topological polar surface area (TPSA) is 62.2 Å². The monoisotopic (exact) mass is 267 g/mol. The van der Waals surface area contributed by atoms with Crippen LogP contribution in [0.15, 0.2) is 4.99 Å². The van der Waals surface area contributed by atoms with E-state index in [4.69, 9.17) is 0 Å². The van der Waals surface area contributed by atoms with Gasteiger partial charge < -0.3 is 10.6 Å². The lowest BCUT2D eigenvalue weighted by atomic mass is 10.2. The maximum absolute atomic E-state index is 4.21. The van der Waals surface area contributed by atoms with Crippen LogP contribution >= 0.6 is 11.3 Å². The van der Waals surface area contributed by atoms with Crippen molar-refractivity contribution < 1.29 is 0 Å². The average molecular weight is 267 g/mol. The molecule has 0 aromatic carbocycles. The zero-order chi connectivity index (χ0) is 13.1. The number of nitrogens with one attached hydrogen (secondary N) is 2. The first kappa shape index (κ1) is 13.3. The number of aromatic nitrogens is 2. The van der Waals surface area contributed by atoms with Crippen molar-refractivity contribution >= 4 is 17.3 Å². The lowest BCUT2D eigenvalue weighted by Crippen LogP contribution is -2.38. The average Bonchev–Trinajstić information content (AvgIpc) is 2.84. The van der Waals surface area contributed by atoms with Crippen LogP contribution in [0.25, 0.3) is 0 Å². The van der Waals surface area contributed by atoms with Gasteiger partial charge in [0, 0.05) is 19.0 Å². The molecule has 1 heterocycles. The van der Waals surface area contributed by atoms with Crippen LogP contribution in [0.1, 0.15) is 43.1 Å². The first-order valence-corrected chi connectivity index (χ1v) is 7.21. The molecule has 100 valence electrons. The minimum absolute atomic E-state index is 0.445. The second kappa shape index (κ2) is 5.65. The van der Waals surface area contributed by atoms with Gasteiger partial charge in [0.2, 0.25) is 0 Å². The van der Waals surface area contributed by atoms with E-state index in [-0.39, 0.29) is 0 Å². The number of rotatable bonds is 4. The molecule has 1 aliphatic rings. The molecule has 18 heavy (non-hydrogen) atoms. The Balaban J connectivity index is 1.81. The van der Waals surface area contributed by atoms with Gasteiger partial charge in [-0.25, -0.2) is 0 Å². The summed E-state index contributed by atoms with van der Waals surface area (Å²) < 4.78 is 0. The fourth-order valence-electron chi connectivity index (χ4n) is 1.62. The van der Waals surface area contributed by atoms with E-state index in [9.17, 15) is 0 Å². The Morgan fingerprint density at radius 2 is 2.22 bits per heavy atom. The quantitative estimate of drug-likeness (QED) is 0.644. The number of hydrogen-bond donors (Lipinski definition) is 2. The zero-order valence-electron chi connectivity index (χ0n) is 11.4. The summed E-state index contributed by atoms with van der Waals surface area (Å²) in [6.45, 7) is 7.19. The first-order valence-electron chi connectivity index (χ1n) is 6.39. The van der Waals surface area contributed by atoms with Gasteiger partial charge in [-0.05, 0) is 12.3 Å². The van der Waals surface area contributed by atoms with Gasteiger partial charge in [-0.15, -0.1) is 10.2 Å². The van der Waals surface area contributed by atoms with Gasteiger partial charge >= 0.3 is 0 Å². The van der Waals surface area contributed by atoms with Gasteiger partial charge in [-0.3, -0.25) is 4.99 Å². The van der Waals surface area contributed by atoms with Crippen LogP contribution in [0.3, 0.4) is 0 Å². The molecule has 2 unspecified atom stereocenters. The molecule has 0 bridgehead atoms. The minimum atomic E-state index is 0.445. The van der Waals surface area contributed by atoms with E-state index in [2.05, 4.69) is 46.6 Å². The van der Waals surface area contributed by atoms with Crippen molar-refractivity contribution in [1.29, 1.82) is 0 Å². The first-order chi connectivity index (χ1) is 8.60. The molecular weight excluding hydrogens is 246 g/mol. The van der Waals surface area contributed by atoms with Crippen molar-refractivity contribution in [2.75, 3.05) is 7.05 Å². The SMILES string of the molecule is CN=C(NCc1nnc(C(C)C)s1)NC1CC1C. The highest BCUT2D eigenvalue weighted by atomic mass is 32.1. The van der Waals surface area contributed by atoms with E-state index in [0.717, 1.165) is 21.9 Å². The molecule has 2 rings (SSSR count). The predicted molar refractivity (Wildman–Crippen MR) is 74.9 cm³/mol. The summed E-state index contributed by atoms with van der Waals surface area (Å²) in [5.74, 6) is 2.06. The van der Waals surface area contributed by atoms with Gasteiger partial charge in [-0.1, -0.05) is 32.1 Å². The van der Waals surface area contributed by atoms with Crippen LogP contribution in [0.4, 0.5) is 0 Å². The van der Waals surface area contributed by atoms with Crippen LogP contribution in [-0.2, 0) is 6.54 Å². The summed E-state index contributed by atoms with van der Waals surface area (Å²) in [6.07, 6.45) is 1.23. The normalized spacial score (nSPS) is 23.3. The molecule has 2 N–H and O–H groups in total. The Labute approximate surface area is 112 Å². The van der Waals surface area contributed by atoms with Gasteiger partial charge in [-0.2, -0.15) is 0 Å². The highest BCUT2D eigenvalue weighted by Crippen LogP contribution is 2.28. The molecule has 0 radical (unpaired) electrons. The lowest BCUT2D eigenvalue weighted by molar-refractivity contribution is 0.755. The predicted octanol–water partition coefficient (Wildman–Crippen LogP) is 1.73. The van der Waals surface area contributed by atoms with Crippen LogP contribution in [-0.4, -0.2) is 29.2 Å². The van der Waals surface area contributed by atoms with Crippen molar-refractivity contribution in [2.45, 2.75) is 45.7 Å². The summed E-state index contributed by atoms with van der Waals surface area (Å²) in [7, 11) is 1.79. The summed E-state index contributed by atoms with van der Waals surface area (Å²) in [5, 5.41) is 17.1. The molecule has 1 aromatic rings. The van der Waals surface area contributed by atoms with E-state index in [1.165, 1.54) is 6.42 Å². The van der Waals surface area contributed by atoms with E-state index in [1.807, 2.05) is 0 Å². The van der Waals surface area contributed by atoms with Crippen LogP contribution < -0.4 is 10.6 Å². The number of guanidine groups is 1. The van der Waals surface area contributed by atoms with Crippen LogP contribution in [0.2, 0.25) is 0 Å². The van der Waals surface area contributed by atoms with Crippen molar-refractivity contribution in [3.8, 4) is 0 Å². The third-order valence-electron chi connectivity index (χ3n) is 3.04. The van der Waals surface area contributed by atoms with Crippen molar-refractivity contribution in [3.63, 3.8) is 0 Å². The second-order valence-corrected chi connectivity index (χ2v) is 6.17. The minimum Gasteiger partial charge on any atom is -0.353 e. The third kappa shape index (κ3) is 3.41. The van der Waals surface area contributed by atoms with E-state index >= 15 is 0 Å². The van der Waals surface area contributed by atoms with Crippen molar-refractivity contribution in [1.82, 2.24) is 20.8 Å². The van der Waals surface area contributed by atoms with Gasteiger partial charge in [0.1, 0.15) is 10.0 Å². The Morgan fingerprint density at radius 3 is 2.72 bits per heavy atom. The molecule has 6 heteroatoms.